The molecule has 3 heteroatoms. The summed E-state index contributed by atoms with van der Waals surface area (Å²) < 4.78 is 0. The van der Waals surface area contributed by atoms with Gasteiger partial charge in [0, 0.05) is 16.7 Å². The lowest BCUT2D eigenvalue weighted by atomic mass is 9.72. The summed E-state index contributed by atoms with van der Waals surface area (Å²) in [6.07, 6.45) is 1.11. The maximum Gasteiger partial charge on any atom is 0.164 e. The van der Waals surface area contributed by atoms with Gasteiger partial charge in [0.25, 0.3) is 0 Å². The highest BCUT2D eigenvalue weighted by Crippen LogP contribution is 2.37. The molecule has 0 saturated heterocycles. The van der Waals surface area contributed by atoms with E-state index in [0.29, 0.717) is 17.5 Å². The molecule has 0 amide bonds. The monoisotopic (exact) mass is 449 g/mol. The Bertz CT molecular complexity index is 1200. The Labute approximate surface area is 204 Å². The third-order valence-electron chi connectivity index (χ3n) is 6.15. The Kier molecular flexibility index (Phi) is 6.40. The highest BCUT2D eigenvalue weighted by molar-refractivity contribution is 5.66. The minimum absolute atomic E-state index is 0.0933. The minimum atomic E-state index is 0.0933. The van der Waals surface area contributed by atoms with Crippen molar-refractivity contribution in [3.8, 4) is 34.2 Å². The van der Waals surface area contributed by atoms with Crippen LogP contribution in [0.15, 0.2) is 72.8 Å². The number of hydrogen-bond acceptors (Lipinski definition) is 3. The summed E-state index contributed by atoms with van der Waals surface area (Å²) in [5.74, 6) is 2.08. The molecule has 0 atom stereocenters. The third kappa shape index (κ3) is 5.59. The lowest BCUT2D eigenvalue weighted by Gasteiger charge is -2.33. The normalized spacial score (nSPS) is 12.1. The lowest BCUT2D eigenvalue weighted by Crippen LogP contribution is -2.24. The van der Waals surface area contributed by atoms with E-state index in [1.165, 1.54) is 16.7 Å². The lowest BCUT2D eigenvalue weighted by molar-refractivity contribution is 0.284. The second-order valence-electron chi connectivity index (χ2n) is 11.2. The summed E-state index contributed by atoms with van der Waals surface area (Å²) in [5.41, 5.74) is 7.10. The van der Waals surface area contributed by atoms with Crippen LogP contribution in [-0.2, 0) is 5.41 Å². The predicted octanol–water partition coefficient (Wildman–Crippen LogP) is 8.20. The van der Waals surface area contributed by atoms with Crippen LogP contribution >= 0.6 is 0 Å². The first-order valence-electron chi connectivity index (χ1n) is 12.0. The van der Waals surface area contributed by atoms with Crippen molar-refractivity contribution in [1.29, 1.82) is 0 Å². The van der Waals surface area contributed by atoms with Gasteiger partial charge >= 0.3 is 0 Å². The fourth-order valence-corrected chi connectivity index (χ4v) is 4.67. The van der Waals surface area contributed by atoms with Gasteiger partial charge in [-0.3, -0.25) is 0 Å². The maximum atomic E-state index is 4.88. The highest BCUT2D eigenvalue weighted by atomic mass is 15.0. The molecule has 1 aromatic heterocycles. The van der Waals surface area contributed by atoms with Crippen molar-refractivity contribution in [3.63, 3.8) is 0 Å². The van der Waals surface area contributed by atoms with Crippen LogP contribution < -0.4 is 0 Å². The first-order valence-corrected chi connectivity index (χ1v) is 12.0. The molecule has 0 aliphatic carbocycles. The predicted molar refractivity (Wildman–Crippen MR) is 143 cm³/mol. The van der Waals surface area contributed by atoms with Gasteiger partial charge in [-0.15, -0.1) is 0 Å². The Morgan fingerprint density at radius 2 is 0.824 bits per heavy atom. The molecule has 0 N–H and O–H groups in total. The van der Waals surface area contributed by atoms with Crippen LogP contribution in [0.1, 0.15) is 57.7 Å². The second-order valence-corrected chi connectivity index (χ2v) is 11.2. The van der Waals surface area contributed by atoms with Gasteiger partial charge in [0.2, 0.25) is 0 Å². The number of benzene rings is 3. The summed E-state index contributed by atoms with van der Waals surface area (Å²) in [6.45, 7) is 15.7. The number of nitrogens with zero attached hydrogens (tertiary/aromatic N) is 3. The standard InChI is InChI=1S/C31H35N3/c1-21-8-12-23(13-9-21)27-32-28(24-14-10-22(2)11-15-24)34-29(33-27)25-16-18-26(19-17-25)31(6,7)20-30(3,4)5/h8-19H,20H2,1-7H3. The molecule has 0 saturated carbocycles. The van der Waals surface area contributed by atoms with Crippen LogP contribution in [-0.4, -0.2) is 15.0 Å². The molecule has 0 radical (unpaired) electrons. The van der Waals surface area contributed by atoms with Gasteiger partial charge in [-0.05, 0) is 36.7 Å². The fourth-order valence-electron chi connectivity index (χ4n) is 4.67. The molecule has 0 aliphatic heterocycles. The zero-order chi connectivity index (χ0) is 24.5. The maximum absolute atomic E-state index is 4.88. The van der Waals surface area contributed by atoms with Crippen molar-refractivity contribution in [1.82, 2.24) is 15.0 Å². The van der Waals surface area contributed by atoms with Crippen molar-refractivity contribution in [2.45, 2.75) is 60.3 Å². The zero-order valence-electron chi connectivity index (χ0n) is 21.5. The highest BCUT2D eigenvalue weighted by Gasteiger charge is 2.27. The molecular formula is C31H35N3. The van der Waals surface area contributed by atoms with E-state index in [1.807, 2.05) is 0 Å². The molecule has 0 unspecified atom stereocenters. The minimum Gasteiger partial charge on any atom is -0.208 e. The molecule has 0 bridgehead atoms. The van der Waals surface area contributed by atoms with E-state index < -0.39 is 0 Å². The topological polar surface area (TPSA) is 38.7 Å². The summed E-state index contributed by atoms with van der Waals surface area (Å²) in [5, 5.41) is 0. The number of aromatic nitrogens is 3. The quantitative estimate of drug-likeness (QED) is 0.308. The average molecular weight is 450 g/mol. The van der Waals surface area contributed by atoms with E-state index in [4.69, 9.17) is 15.0 Å². The van der Waals surface area contributed by atoms with Gasteiger partial charge < -0.3 is 0 Å². The van der Waals surface area contributed by atoms with Gasteiger partial charge in [-0.2, -0.15) is 0 Å². The van der Waals surface area contributed by atoms with E-state index in [1.54, 1.807) is 0 Å². The third-order valence-corrected chi connectivity index (χ3v) is 6.15. The SMILES string of the molecule is Cc1ccc(-c2nc(-c3ccc(C)cc3)nc(-c3ccc(C(C)(C)CC(C)(C)C)cc3)n2)cc1. The van der Waals surface area contributed by atoms with Crippen LogP contribution in [0.4, 0.5) is 0 Å². The van der Waals surface area contributed by atoms with Crippen molar-refractivity contribution in [2.24, 2.45) is 5.41 Å². The average Bonchev–Trinajstić information content (AvgIpc) is 2.78. The van der Waals surface area contributed by atoms with E-state index in [0.717, 1.165) is 23.1 Å². The molecule has 4 aromatic rings. The van der Waals surface area contributed by atoms with Crippen LogP contribution in [0, 0.1) is 19.3 Å². The van der Waals surface area contributed by atoms with Gasteiger partial charge in [-0.25, -0.2) is 15.0 Å². The Morgan fingerprint density at radius 3 is 1.15 bits per heavy atom. The fraction of sp³-hybridized carbons (Fsp3) is 0.323. The zero-order valence-corrected chi connectivity index (χ0v) is 21.5. The second kappa shape index (κ2) is 9.13. The molecule has 0 fully saturated rings. The van der Waals surface area contributed by atoms with E-state index in [-0.39, 0.29) is 10.8 Å². The van der Waals surface area contributed by atoms with Gasteiger partial charge in [0.1, 0.15) is 0 Å². The number of rotatable bonds is 5. The molecule has 3 nitrogen and oxygen atoms in total. The summed E-state index contributed by atoms with van der Waals surface area (Å²) in [7, 11) is 0. The summed E-state index contributed by atoms with van der Waals surface area (Å²) in [4.78, 5) is 14.6. The molecule has 34 heavy (non-hydrogen) atoms. The Balaban J connectivity index is 1.77. The van der Waals surface area contributed by atoms with Crippen molar-refractivity contribution in [3.05, 3.63) is 89.5 Å². The molecular weight excluding hydrogens is 414 g/mol. The molecule has 3 aromatic carbocycles. The van der Waals surface area contributed by atoms with Gasteiger partial charge in [-0.1, -0.05) is 119 Å². The first kappa shape index (κ1) is 23.8. The largest absolute Gasteiger partial charge is 0.208 e. The molecule has 174 valence electrons. The van der Waals surface area contributed by atoms with Crippen LogP contribution in [0.5, 0.6) is 0 Å². The van der Waals surface area contributed by atoms with Crippen molar-refractivity contribution >= 4 is 0 Å². The van der Waals surface area contributed by atoms with E-state index in [2.05, 4.69) is 121 Å². The first-order chi connectivity index (χ1) is 16.0. The van der Waals surface area contributed by atoms with Gasteiger partial charge in [0.05, 0.1) is 0 Å². The van der Waals surface area contributed by atoms with Crippen LogP contribution in [0.25, 0.3) is 34.2 Å². The van der Waals surface area contributed by atoms with E-state index in [9.17, 15) is 0 Å². The molecule has 0 spiro atoms. The Morgan fingerprint density at radius 1 is 0.500 bits per heavy atom. The van der Waals surface area contributed by atoms with Crippen molar-refractivity contribution < 1.29 is 0 Å². The Hall–Kier alpha value is -3.33. The van der Waals surface area contributed by atoms with Crippen LogP contribution in [0.3, 0.4) is 0 Å². The van der Waals surface area contributed by atoms with Crippen molar-refractivity contribution in [2.75, 3.05) is 0 Å². The molecule has 4 rings (SSSR count). The number of hydrogen-bond donors (Lipinski definition) is 0. The number of aryl methyl sites for hydroxylation is 2. The summed E-state index contributed by atoms with van der Waals surface area (Å²) in [6, 6.07) is 25.4. The molecule has 0 aliphatic rings. The van der Waals surface area contributed by atoms with E-state index >= 15 is 0 Å². The molecule has 1 heterocycles. The smallest absolute Gasteiger partial charge is 0.164 e. The van der Waals surface area contributed by atoms with Crippen LogP contribution in [0.2, 0.25) is 0 Å². The van der Waals surface area contributed by atoms with Gasteiger partial charge in [0.15, 0.2) is 17.5 Å². The summed E-state index contributed by atoms with van der Waals surface area (Å²) >= 11 is 0.